The van der Waals surface area contributed by atoms with Crippen molar-refractivity contribution in [3.8, 4) is 0 Å². The number of hydrogen-bond acceptors (Lipinski definition) is 2. The minimum Gasteiger partial charge on any atom is -0.478 e. The van der Waals surface area contributed by atoms with Crippen molar-refractivity contribution >= 4 is 37.9 Å². The van der Waals surface area contributed by atoms with E-state index in [2.05, 4.69) is 6.07 Å². The van der Waals surface area contributed by atoms with Gasteiger partial charge in [0.1, 0.15) is 0 Å². The number of carboxylic acids is 1. The minimum absolute atomic E-state index is 0.180. The van der Waals surface area contributed by atoms with Crippen LogP contribution in [-0.2, 0) is 3.07 Å². The van der Waals surface area contributed by atoms with Gasteiger partial charge in [0.25, 0.3) is 0 Å². The number of aromatic carboxylic acids is 1. The summed E-state index contributed by atoms with van der Waals surface area (Å²) in [6.07, 6.45) is 0. The predicted octanol–water partition coefficient (Wildman–Crippen LogP) is 4.26. The molecule has 0 aliphatic rings. The Bertz CT molecular complexity index is 717. The Kier molecular flexibility index (Phi) is 3.71. The third-order valence-corrected chi connectivity index (χ3v) is 5.46. The predicted molar refractivity (Wildman–Crippen MR) is 83.3 cm³/mol. The molecule has 0 aromatic heterocycles. The molecule has 0 saturated carbocycles. The van der Waals surface area contributed by atoms with Gasteiger partial charge in [-0.1, -0.05) is 6.07 Å². The van der Waals surface area contributed by atoms with Crippen LogP contribution in [0.5, 0.6) is 0 Å². The van der Waals surface area contributed by atoms with E-state index in [0.717, 1.165) is 27.5 Å². The number of halogens is 1. The standard InChI is InChI=1S/C15H15IO3/c1-7-5-8(2)11-6-12(15(17)18)14(16-19)10(4)13(11)9(7)3/h5-6H,1-4H3,(H,17,18). The summed E-state index contributed by atoms with van der Waals surface area (Å²) in [6.45, 7) is 7.91. The molecule has 19 heavy (non-hydrogen) atoms. The first-order chi connectivity index (χ1) is 8.88. The number of carboxylic acid groups (broad SMARTS) is 1. The van der Waals surface area contributed by atoms with Gasteiger partial charge in [0.15, 0.2) is 21.2 Å². The largest absolute Gasteiger partial charge is 0.478 e. The van der Waals surface area contributed by atoms with Crippen LogP contribution in [0.3, 0.4) is 0 Å². The topological polar surface area (TPSA) is 54.4 Å². The van der Waals surface area contributed by atoms with E-state index in [9.17, 15) is 13.0 Å². The van der Waals surface area contributed by atoms with Gasteiger partial charge >= 0.3 is 5.97 Å². The lowest BCUT2D eigenvalue weighted by molar-refractivity contribution is 0.0695. The molecule has 0 spiro atoms. The zero-order valence-corrected chi connectivity index (χ0v) is 13.5. The van der Waals surface area contributed by atoms with E-state index in [1.807, 2.05) is 27.7 Å². The van der Waals surface area contributed by atoms with Gasteiger partial charge in [-0.25, -0.2) is 4.79 Å². The summed E-state index contributed by atoms with van der Waals surface area (Å²) in [5.74, 6) is -1.01. The van der Waals surface area contributed by atoms with Crippen LogP contribution in [0, 0.1) is 31.3 Å². The molecule has 0 heterocycles. The zero-order chi connectivity index (χ0) is 14.3. The second-order valence-electron chi connectivity index (χ2n) is 4.80. The minimum atomic E-state index is -1.51. The fourth-order valence-corrected chi connectivity index (χ4v) is 3.77. The van der Waals surface area contributed by atoms with Crippen molar-refractivity contribution in [1.82, 2.24) is 0 Å². The Morgan fingerprint density at radius 3 is 2.21 bits per heavy atom. The quantitative estimate of drug-likeness (QED) is 0.804. The first-order valence-corrected chi connectivity index (χ1v) is 7.89. The van der Waals surface area contributed by atoms with Gasteiger partial charge in [-0.15, -0.1) is 0 Å². The van der Waals surface area contributed by atoms with E-state index in [-0.39, 0.29) is 5.56 Å². The molecular weight excluding hydrogens is 355 g/mol. The summed E-state index contributed by atoms with van der Waals surface area (Å²) in [5, 5.41) is 11.3. The Morgan fingerprint density at radius 2 is 1.68 bits per heavy atom. The molecule has 2 rings (SSSR count). The third-order valence-electron chi connectivity index (χ3n) is 3.63. The molecule has 0 saturated heterocycles. The Balaban J connectivity index is 3.08. The number of carbonyl (C=O) groups is 1. The molecule has 0 aliphatic heterocycles. The second kappa shape index (κ2) is 5.00. The van der Waals surface area contributed by atoms with Crippen LogP contribution in [0.2, 0.25) is 0 Å². The van der Waals surface area contributed by atoms with E-state index < -0.39 is 27.2 Å². The van der Waals surface area contributed by atoms with Crippen LogP contribution < -0.4 is 0 Å². The van der Waals surface area contributed by atoms with Gasteiger partial charge in [0.2, 0.25) is 0 Å². The first-order valence-electron chi connectivity index (χ1n) is 5.93. The zero-order valence-electron chi connectivity index (χ0n) is 11.3. The van der Waals surface area contributed by atoms with Crippen LogP contribution >= 0.6 is 21.2 Å². The van der Waals surface area contributed by atoms with Gasteiger partial charge < -0.3 is 5.11 Å². The van der Waals surface area contributed by atoms with Crippen LogP contribution in [0.4, 0.5) is 0 Å². The molecule has 100 valence electrons. The van der Waals surface area contributed by atoms with Crippen LogP contribution in [0.1, 0.15) is 32.6 Å². The Morgan fingerprint density at radius 1 is 1.05 bits per heavy atom. The molecule has 0 atom stereocenters. The molecule has 0 unspecified atom stereocenters. The SMILES string of the molecule is Cc1cc(C)c2cc(C(=O)O)c(I=O)c(C)c2c1C. The summed E-state index contributed by atoms with van der Waals surface area (Å²) < 4.78 is 12.0. The molecule has 0 fully saturated rings. The maximum absolute atomic E-state index is 11.4. The molecule has 0 bridgehead atoms. The highest BCUT2D eigenvalue weighted by Gasteiger charge is 2.18. The molecular formula is C15H15IO3. The lowest BCUT2D eigenvalue weighted by atomic mass is 9.92. The van der Waals surface area contributed by atoms with Gasteiger partial charge in [-0.3, -0.25) is 3.07 Å². The average Bonchev–Trinajstić information content (AvgIpc) is 2.34. The lowest BCUT2D eigenvalue weighted by Crippen LogP contribution is -2.04. The summed E-state index contributed by atoms with van der Waals surface area (Å²) in [7, 11) is 0. The molecule has 3 nitrogen and oxygen atoms in total. The van der Waals surface area contributed by atoms with Crippen LogP contribution in [0.15, 0.2) is 12.1 Å². The van der Waals surface area contributed by atoms with Gasteiger partial charge in [0, 0.05) is 0 Å². The van der Waals surface area contributed by atoms with Gasteiger partial charge in [-0.2, -0.15) is 0 Å². The van der Waals surface area contributed by atoms with Crippen LogP contribution in [-0.4, -0.2) is 11.1 Å². The van der Waals surface area contributed by atoms with Crippen molar-refractivity contribution < 1.29 is 13.0 Å². The normalized spacial score (nSPS) is 10.9. The van der Waals surface area contributed by atoms with E-state index >= 15 is 0 Å². The second-order valence-corrected chi connectivity index (χ2v) is 6.32. The Hall–Kier alpha value is -1.30. The molecule has 0 aliphatic carbocycles. The molecule has 0 amide bonds. The van der Waals surface area contributed by atoms with Gasteiger partial charge in [0.05, 0.1) is 9.13 Å². The summed E-state index contributed by atoms with van der Waals surface area (Å²) in [4.78, 5) is 11.3. The molecule has 2 aromatic rings. The van der Waals surface area contributed by atoms with E-state index in [4.69, 9.17) is 0 Å². The number of benzene rings is 2. The highest BCUT2D eigenvalue weighted by Crippen LogP contribution is 2.34. The average molecular weight is 370 g/mol. The summed E-state index contributed by atoms with van der Waals surface area (Å²) >= 11 is -1.51. The highest BCUT2D eigenvalue weighted by atomic mass is 127. The summed E-state index contributed by atoms with van der Waals surface area (Å²) in [6, 6.07) is 3.73. The van der Waals surface area contributed by atoms with Crippen molar-refractivity contribution in [3.63, 3.8) is 0 Å². The highest BCUT2D eigenvalue weighted by molar-refractivity contribution is 14.1. The van der Waals surface area contributed by atoms with Crippen LogP contribution in [0.25, 0.3) is 10.8 Å². The van der Waals surface area contributed by atoms with E-state index in [1.54, 1.807) is 6.07 Å². The van der Waals surface area contributed by atoms with Crippen molar-refractivity contribution in [2.45, 2.75) is 27.7 Å². The van der Waals surface area contributed by atoms with Crippen molar-refractivity contribution in [1.29, 1.82) is 0 Å². The number of fused-ring (bicyclic) bond motifs is 1. The third kappa shape index (κ3) is 2.18. The van der Waals surface area contributed by atoms with Crippen molar-refractivity contribution in [2.24, 2.45) is 0 Å². The number of rotatable bonds is 2. The van der Waals surface area contributed by atoms with E-state index in [0.29, 0.717) is 3.57 Å². The lowest BCUT2D eigenvalue weighted by Gasteiger charge is -2.14. The fraction of sp³-hybridized carbons (Fsp3) is 0.267. The molecule has 0 radical (unpaired) electrons. The monoisotopic (exact) mass is 370 g/mol. The molecule has 4 heteroatoms. The molecule has 1 N–H and O–H groups in total. The maximum Gasteiger partial charge on any atom is 0.336 e. The van der Waals surface area contributed by atoms with E-state index in [1.165, 1.54) is 5.56 Å². The maximum atomic E-state index is 11.4. The van der Waals surface area contributed by atoms with Crippen molar-refractivity contribution in [3.05, 3.63) is 43.5 Å². The summed E-state index contributed by atoms with van der Waals surface area (Å²) in [5.41, 5.74) is 4.39. The Labute approximate surface area is 122 Å². The van der Waals surface area contributed by atoms with Gasteiger partial charge in [-0.05, 0) is 66.8 Å². The fourth-order valence-electron chi connectivity index (χ4n) is 2.55. The number of hydrogen-bond donors (Lipinski definition) is 1. The molecule has 2 aromatic carbocycles. The number of aryl methyl sites for hydroxylation is 4. The smallest absolute Gasteiger partial charge is 0.336 e. The van der Waals surface area contributed by atoms with Crippen molar-refractivity contribution in [2.75, 3.05) is 0 Å². The first kappa shape index (κ1) is 14.1.